The minimum atomic E-state index is -1.24. The van der Waals surface area contributed by atoms with Gasteiger partial charge in [0, 0.05) is 59.5 Å². The van der Waals surface area contributed by atoms with E-state index in [0.29, 0.717) is 46.9 Å². The molecule has 2 aliphatic carbocycles. The van der Waals surface area contributed by atoms with Gasteiger partial charge >= 0.3 is 5.97 Å². The second kappa shape index (κ2) is 13.5. The Hall–Kier alpha value is -5.42. The summed E-state index contributed by atoms with van der Waals surface area (Å²) in [5.74, 6) is -0.142. The molecule has 0 radical (unpaired) electrons. The maximum atomic E-state index is 13.8. The first-order valence-electron chi connectivity index (χ1n) is 18.9. The zero-order valence-electron chi connectivity index (χ0n) is 31.1. The van der Waals surface area contributed by atoms with E-state index in [1.165, 1.54) is 11.6 Å². The van der Waals surface area contributed by atoms with Crippen molar-refractivity contribution < 1.29 is 28.9 Å². The topological polar surface area (TPSA) is 184 Å². The van der Waals surface area contributed by atoms with Crippen molar-refractivity contribution in [2.75, 3.05) is 11.5 Å². The highest BCUT2D eigenvalue weighted by atomic mass is 16.6. The van der Waals surface area contributed by atoms with Crippen LogP contribution in [0.3, 0.4) is 0 Å². The van der Waals surface area contributed by atoms with Crippen LogP contribution in [0.4, 0.5) is 11.6 Å². The molecule has 6 N–H and O–H groups in total. The third kappa shape index (κ3) is 5.51. The highest BCUT2D eigenvalue weighted by Crippen LogP contribution is 2.59. The Morgan fingerprint density at radius 2 is 1.96 bits per heavy atom. The Morgan fingerprint density at radius 3 is 2.72 bits per heavy atom. The Morgan fingerprint density at radius 1 is 1.15 bits per heavy atom. The number of unbranched alkanes of at least 4 members (excludes halogenated alkanes) is 2. The molecule has 11 nitrogen and oxygen atoms in total. The van der Waals surface area contributed by atoms with Crippen LogP contribution in [0, 0.1) is 5.92 Å². The molecular weight excluding hydrogens is 684 g/mol. The van der Waals surface area contributed by atoms with Gasteiger partial charge < -0.3 is 35.6 Å². The second-order valence-corrected chi connectivity index (χ2v) is 15.2. The number of aromatic nitrogens is 2. The van der Waals surface area contributed by atoms with E-state index in [2.05, 4.69) is 23.0 Å². The van der Waals surface area contributed by atoms with Crippen molar-refractivity contribution >= 4 is 34.1 Å². The minimum Gasteiger partial charge on any atom is -0.507 e. The molecule has 0 saturated carbocycles. The van der Waals surface area contributed by atoms with Gasteiger partial charge in [-0.2, -0.15) is 0 Å². The smallest absolute Gasteiger partial charge is 0.333 e. The SMILES string of the molecule is CC=C(C)C(=O)OC1Cc2c3c(c4oc(CO)cc(=O)c4c2O)Cc2ccnc(N)c2C2=CCC4=C2C(C(CCCCC)c2cnc(N)cc2C4)C1(C)O3. The van der Waals surface area contributed by atoms with Crippen molar-refractivity contribution in [2.45, 2.75) is 103 Å². The molecule has 2 bridgehead atoms. The number of aliphatic hydroxyl groups is 1. The lowest BCUT2D eigenvalue weighted by Gasteiger charge is -2.50. The van der Waals surface area contributed by atoms with Crippen LogP contribution in [0.5, 0.6) is 11.5 Å². The molecule has 280 valence electrons. The highest BCUT2D eigenvalue weighted by Gasteiger charge is 2.57. The Kier molecular flexibility index (Phi) is 8.87. The van der Waals surface area contributed by atoms with Crippen molar-refractivity contribution in [1.82, 2.24) is 9.97 Å². The van der Waals surface area contributed by atoms with E-state index in [1.807, 2.05) is 25.3 Å². The Bertz CT molecular complexity index is 2390. The number of hydrogen-bond donors (Lipinski definition) is 4. The average Bonchev–Trinajstić information content (AvgIpc) is 3.48. The number of benzene rings is 1. The quantitative estimate of drug-likeness (QED) is 0.0897. The first kappa shape index (κ1) is 35.6. The van der Waals surface area contributed by atoms with E-state index in [-0.39, 0.29) is 41.2 Å². The van der Waals surface area contributed by atoms with Gasteiger partial charge in [0.1, 0.15) is 52.6 Å². The molecule has 1 aromatic carbocycles. The molecule has 4 unspecified atom stereocenters. The number of aromatic hydroxyl groups is 1. The Labute approximate surface area is 313 Å². The van der Waals surface area contributed by atoms with Gasteiger partial charge in [-0.15, -0.1) is 0 Å². The summed E-state index contributed by atoms with van der Waals surface area (Å²) < 4.78 is 20.2. The third-order valence-electron chi connectivity index (χ3n) is 12.1. The lowest BCUT2D eigenvalue weighted by atomic mass is 9.64. The molecule has 0 saturated heterocycles. The molecule has 11 heteroatoms. The molecule has 54 heavy (non-hydrogen) atoms. The first-order valence-corrected chi connectivity index (χ1v) is 18.9. The number of hydrogen-bond acceptors (Lipinski definition) is 11. The summed E-state index contributed by atoms with van der Waals surface area (Å²) in [6.45, 7) is 7.16. The second-order valence-electron chi connectivity index (χ2n) is 15.2. The summed E-state index contributed by atoms with van der Waals surface area (Å²) in [5.41, 5.74) is 19.9. The number of allylic oxidation sites excluding steroid dienone is 4. The fourth-order valence-electron chi connectivity index (χ4n) is 9.35. The molecule has 0 amide bonds. The van der Waals surface area contributed by atoms with Gasteiger partial charge in [0.25, 0.3) is 0 Å². The van der Waals surface area contributed by atoms with Gasteiger partial charge in [0.15, 0.2) is 11.0 Å². The van der Waals surface area contributed by atoms with Gasteiger partial charge in [-0.1, -0.05) is 43.9 Å². The van der Waals surface area contributed by atoms with E-state index < -0.39 is 35.6 Å². The van der Waals surface area contributed by atoms with Crippen LogP contribution in [0.1, 0.15) is 105 Å². The molecule has 4 atom stereocenters. The zero-order chi connectivity index (χ0) is 38.1. The van der Waals surface area contributed by atoms with Gasteiger partial charge in [-0.05, 0) is 85.9 Å². The number of carbonyl (C=O) groups excluding carboxylic acids is 1. The number of anilines is 2. The zero-order valence-corrected chi connectivity index (χ0v) is 31.1. The van der Waals surface area contributed by atoms with Crippen molar-refractivity contribution in [1.29, 1.82) is 0 Å². The number of aliphatic hydroxyl groups excluding tert-OH is 1. The van der Waals surface area contributed by atoms with Crippen LogP contribution >= 0.6 is 0 Å². The molecule has 0 spiro atoms. The summed E-state index contributed by atoms with van der Waals surface area (Å²) >= 11 is 0. The summed E-state index contributed by atoms with van der Waals surface area (Å²) in [6.07, 6.45) is 12.0. The largest absolute Gasteiger partial charge is 0.507 e. The molecule has 5 heterocycles. The first-order chi connectivity index (χ1) is 26.0. The number of phenols is 1. The van der Waals surface area contributed by atoms with Crippen molar-refractivity contribution in [3.8, 4) is 11.5 Å². The number of carbonyl (C=O) groups is 1. The summed E-state index contributed by atoms with van der Waals surface area (Å²) in [5, 5.41) is 22.1. The van der Waals surface area contributed by atoms with Crippen LogP contribution in [0.2, 0.25) is 0 Å². The molecule has 0 fully saturated rings. The van der Waals surface area contributed by atoms with Crippen molar-refractivity contribution in [3.05, 3.63) is 109 Å². The standard InChI is InChI=1S/C43H46N4O7/c1-5-7-8-9-26-30-19-47-33(44)16-24(30)14-22-10-11-27-34(22)37(26)43(4)32(53-42(51)21(3)6-2)18-28-38(50)36-31(49)17-25(20-48)52-40(36)29(39(28)54-43)15-23-12-13-46-41(45)35(23)27/h6,11-13,16-17,19,26,32,37,48,50H,5,7-10,14-15,18,20H2,1-4H3,(H2,44,47)(H2,45,46). The van der Waals surface area contributed by atoms with Crippen molar-refractivity contribution in [3.63, 3.8) is 0 Å². The monoisotopic (exact) mass is 730 g/mol. The van der Waals surface area contributed by atoms with Gasteiger partial charge in [0.2, 0.25) is 0 Å². The van der Waals surface area contributed by atoms with Crippen LogP contribution in [0.15, 0.2) is 68.7 Å². The number of phenolic OH excluding ortho intramolecular Hbond substituents is 1. The number of ether oxygens (including phenoxy) is 2. The maximum Gasteiger partial charge on any atom is 0.333 e. The van der Waals surface area contributed by atoms with Crippen LogP contribution in [-0.4, -0.2) is 37.9 Å². The summed E-state index contributed by atoms with van der Waals surface area (Å²) in [4.78, 5) is 36.7. The molecule has 3 aromatic heterocycles. The molecule has 4 aliphatic rings. The lowest BCUT2D eigenvalue weighted by Crippen LogP contribution is -2.58. The predicted octanol–water partition coefficient (Wildman–Crippen LogP) is 6.74. The van der Waals surface area contributed by atoms with Gasteiger partial charge in [-0.25, -0.2) is 14.8 Å². The lowest BCUT2D eigenvalue weighted by molar-refractivity contribution is -0.163. The van der Waals surface area contributed by atoms with Gasteiger partial charge in [0.05, 0.1) is 0 Å². The van der Waals surface area contributed by atoms with E-state index in [0.717, 1.165) is 59.1 Å². The van der Waals surface area contributed by atoms with E-state index in [9.17, 15) is 19.8 Å². The molecule has 8 rings (SSSR count). The molecule has 4 aromatic rings. The number of nitrogens with two attached hydrogens (primary N) is 2. The van der Waals surface area contributed by atoms with Crippen LogP contribution in [-0.2, 0) is 35.4 Å². The number of nitrogens with zero attached hydrogens (tertiary/aromatic N) is 2. The average molecular weight is 731 g/mol. The van der Waals surface area contributed by atoms with Crippen molar-refractivity contribution in [2.24, 2.45) is 5.92 Å². The molecule has 2 aliphatic heterocycles. The van der Waals surface area contributed by atoms with E-state index >= 15 is 0 Å². The fourth-order valence-corrected chi connectivity index (χ4v) is 9.35. The fraction of sp³-hybridized carbons (Fsp3) is 0.395. The Balaban J connectivity index is 1.50. The van der Waals surface area contributed by atoms with Gasteiger partial charge in [-0.3, -0.25) is 4.79 Å². The maximum absolute atomic E-state index is 13.8. The molecular formula is C43H46N4O7. The van der Waals surface area contributed by atoms with Crippen LogP contribution < -0.4 is 21.6 Å². The number of esters is 1. The van der Waals surface area contributed by atoms with Crippen LogP contribution in [0.25, 0.3) is 16.5 Å². The van der Waals surface area contributed by atoms with E-state index in [1.54, 1.807) is 26.1 Å². The summed E-state index contributed by atoms with van der Waals surface area (Å²) in [6, 6.07) is 5.08. The number of nitrogen functional groups attached to an aromatic ring is 2. The number of pyridine rings is 2. The number of rotatable bonds is 7. The minimum absolute atomic E-state index is 0.0315. The van der Waals surface area contributed by atoms with E-state index in [4.69, 9.17) is 25.4 Å². The number of fused-ring (bicyclic) bond motifs is 7. The predicted molar refractivity (Wildman–Crippen MR) is 206 cm³/mol. The normalized spacial score (nSPS) is 22.8. The highest BCUT2D eigenvalue weighted by molar-refractivity contribution is 5.94. The summed E-state index contributed by atoms with van der Waals surface area (Å²) in [7, 11) is 0. The third-order valence-corrected chi connectivity index (χ3v) is 12.1.